The third-order valence-electron chi connectivity index (χ3n) is 4.27. The first-order valence-electron chi connectivity index (χ1n) is 8.78. The highest BCUT2D eigenvalue weighted by atomic mass is 16.5. The number of methoxy groups -OCH3 is 1. The highest BCUT2D eigenvalue weighted by molar-refractivity contribution is 5.96. The Labute approximate surface area is 162 Å². The molecule has 0 radical (unpaired) electrons. The van der Waals surface area contributed by atoms with Crippen molar-refractivity contribution in [2.24, 2.45) is 0 Å². The Morgan fingerprint density at radius 3 is 2.32 bits per heavy atom. The number of ether oxygens (including phenoxy) is 1. The number of esters is 1. The summed E-state index contributed by atoms with van der Waals surface area (Å²) >= 11 is 0. The Bertz CT molecular complexity index is 1010. The minimum Gasteiger partial charge on any atom is -0.465 e. The second-order valence-corrected chi connectivity index (χ2v) is 6.21. The fourth-order valence-electron chi connectivity index (χ4n) is 2.87. The van der Waals surface area contributed by atoms with Gasteiger partial charge < -0.3 is 15.4 Å². The number of fused-ring (bicyclic) bond motifs is 1. The Kier molecular flexibility index (Phi) is 6.01. The van der Waals surface area contributed by atoms with Gasteiger partial charge in [-0.1, -0.05) is 42.5 Å². The number of hydrogen-bond acceptors (Lipinski definition) is 4. The zero-order valence-corrected chi connectivity index (χ0v) is 15.4. The Balaban J connectivity index is 1.53. The molecule has 0 aliphatic rings. The predicted molar refractivity (Wildman–Crippen MR) is 107 cm³/mol. The Hall–Kier alpha value is -3.67. The number of nitrogens with one attached hydrogen (secondary N) is 2. The molecule has 3 aromatic carbocycles. The van der Waals surface area contributed by atoms with E-state index in [0.29, 0.717) is 11.3 Å². The van der Waals surface area contributed by atoms with Gasteiger partial charge in [-0.2, -0.15) is 0 Å². The molecule has 6 nitrogen and oxygen atoms in total. The fraction of sp³-hybridized carbons (Fsp3) is 0.136. The summed E-state index contributed by atoms with van der Waals surface area (Å²) in [6, 6.07) is 20.0. The van der Waals surface area contributed by atoms with Crippen LogP contribution in [-0.4, -0.2) is 31.4 Å². The first kappa shape index (κ1) is 19.1. The zero-order chi connectivity index (χ0) is 19.9. The average molecular weight is 376 g/mol. The van der Waals surface area contributed by atoms with Gasteiger partial charge in [-0.05, 0) is 40.6 Å². The standard InChI is InChI=1S/C22H20N2O4/c1-28-22(27)16-9-11-18(12-10-16)24-21(26)14-23-20(25)13-17-7-4-6-15-5-2-3-8-19(15)17/h2-12H,13-14H2,1H3,(H,23,25)(H,24,26). The van der Waals surface area contributed by atoms with E-state index in [4.69, 9.17) is 0 Å². The summed E-state index contributed by atoms with van der Waals surface area (Å²) in [5, 5.41) is 7.39. The molecule has 0 aromatic heterocycles. The van der Waals surface area contributed by atoms with Crippen LogP contribution in [-0.2, 0) is 20.7 Å². The Morgan fingerprint density at radius 2 is 1.57 bits per heavy atom. The zero-order valence-electron chi connectivity index (χ0n) is 15.4. The van der Waals surface area contributed by atoms with Gasteiger partial charge in [0.1, 0.15) is 0 Å². The molecule has 2 N–H and O–H groups in total. The van der Waals surface area contributed by atoms with E-state index in [2.05, 4.69) is 15.4 Å². The van der Waals surface area contributed by atoms with Gasteiger partial charge in [0.2, 0.25) is 11.8 Å². The number of hydrogen-bond donors (Lipinski definition) is 2. The smallest absolute Gasteiger partial charge is 0.337 e. The molecule has 6 heteroatoms. The first-order chi connectivity index (χ1) is 13.6. The lowest BCUT2D eigenvalue weighted by Crippen LogP contribution is -2.33. The van der Waals surface area contributed by atoms with Crippen molar-refractivity contribution in [1.29, 1.82) is 0 Å². The van der Waals surface area contributed by atoms with Crippen LogP contribution in [0.2, 0.25) is 0 Å². The van der Waals surface area contributed by atoms with Crippen molar-refractivity contribution in [3.63, 3.8) is 0 Å². The van der Waals surface area contributed by atoms with Gasteiger partial charge in [-0.3, -0.25) is 9.59 Å². The number of carbonyl (C=O) groups is 3. The third-order valence-corrected chi connectivity index (χ3v) is 4.27. The van der Waals surface area contributed by atoms with Crippen LogP contribution in [0.5, 0.6) is 0 Å². The normalized spacial score (nSPS) is 10.3. The van der Waals surface area contributed by atoms with Crippen LogP contribution in [0.25, 0.3) is 10.8 Å². The molecule has 28 heavy (non-hydrogen) atoms. The summed E-state index contributed by atoms with van der Waals surface area (Å²) < 4.78 is 4.62. The third kappa shape index (κ3) is 4.73. The van der Waals surface area contributed by atoms with Gasteiger partial charge in [0.15, 0.2) is 0 Å². The number of benzene rings is 3. The minimum atomic E-state index is -0.446. The first-order valence-corrected chi connectivity index (χ1v) is 8.78. The molecular formula is C22H20N2O4. The molecule has 0 saturated heterocycles. The van der Waals surface area contributed by atoms with Gasteiger partial charge in [-0.25, -0.2) is 4.79 Å². The second-order valence-electron chi connectivity index (χ2n) is 6.21. The van der Waals surface area contributed by atoms with Crippen molar-refractivity contribution < 1.29 is 19.1 Å². The lowest BCUT2D eigenvalue weighted by molar-refractivity contribution is -0.123. The molecular weight excluding hydrogens is 356 g/mol. The molecule has 2 amide bonds. The lowest BCUT2D eigenvalue weighted by atomic mass is 10.0. The highest BCUT2D eigenvalue weighted by Gasteiger charge is 2.10. The second kappa shape index (κ2) is 8.81. The van der Waals surface area contributed by atoms with Gasteiger partial charge in [-0.15, -0.1) is 0 Å². The van der Waals surface area contributed by atoms with E-state index in [0.717, 1.165) is 16.3 Å². The summed E-state index contributed by atoms with van der Waals surface area (Å²) in [6.45, 7) is -0.137. The summed E-state index contributed by atoms with van der Waals surface area (Å²) in [5.41, 5.74) is 1.83. The summed E-state index contributed by atoms with van der Waals surface area (Å²) in [7, 11) is 1.30. The van der Waals surface area contributed by atoms with Crippen molar-refractivity contribution in [3.8, 4) is 0 Å². The van der Waals surface area contributed by atoms with Crippen LogP contribution in [0, 0.1) is 0 Å². The number of amides is 2. The fourth-order valence-corrected chi connectivity index (χ4v) is 2.87. The van der Waals surface area contributed by atoms with Crippen LogP contribution in [0.15, 0.2) is 66.7 Å². The molecule has 0 fully saturated rings. The molecule has 142 valence electrons. The average Bonchev–Trinajstić information content (AvgIpc) is 2.72. The molecule has 0 bridgehead atoms. The molecule has 0 aliphatic heterocycles. The van der Waals surface area contributed by atoms with Crippen molar-refractivity contribution in [1.82, 2.24) is 5.32 Å². The summed E-state index contributed by atoms with van der Waals surface area (Å²) in [6.07, 6.45) is 0.197. The molecule has 0 unspecified atom stereocenters. The topological polar surface area (TPSA) is 84.5 Å². The van der Waals surface area contributed by atoms with Gasteiger partial charge in [0.25, 0.3) is 0 Å². The number of carbonyl (C=O) groups excluding carboxylic acids is 3. The van der Waals surface area contributed by atoms with Crippen molar-refractivity contribution >= 4 is 34.2 Å². The predicted octanol–water partition coefficient (Wildman–Crippen LogP) is 2.92. The van der Waals surface area contributed by atoms with Crippen LogP contribution >= 0.6 is 0 Å². The summed E-state index contributed by atoms with van der Waals surface area (Å²) in [4.78, 5) is 35.7. The number of anilines is 1. The van der Waals surface area contributed by atoms with Crippen molar-refractivity contribution in [2.45, 2.75) is 6.42 Å². The summed E-state index contributed by atoms with van der Waals surface area (Å²) in [5.74, 6) is -1.02. The van der Waals surface area contributed by atoms with Crippen molar-refractivity contribution in [3.05, 3.63) is 77.9 Å². The molecule has 0 saturated carbocycles. The van der Waals surface area contributed by atoms with E-state index in [1.165, 1.54) is 7.11 Å². The molecule has 3 rings (SSSR count). The van der Waals surface area contributed by atoms with E-state index in [-0.39, 0.29) is 24.8 Å². The van der Waals surface area contributed by atoms with E-state index in [1.807, 2.05) is 42.5 Å². The van der Waals surface area contributed by atoms with E-state index in [9.17, 15) is 14.4 Å². The van der Waals surface area contributed by atoms with Gasteiger partial charge >= 0.3 is 5.97 Å². The van der Waals surface area contributed by atoms with Crippen LogP contribution < -0.4 is 10.6 Å². The highest BCUT2D eigenvalue weighted by Crippen LogP contribution is 2.18. The van der Waals surface area contributed by atoms with Crippen LogP contribution in [0.3, 0.4) is 0 Å². The minimum absolute atomic E-state index is 0.137. The maximum Gasteiger partial charge on any atom is 0.337 e. The number of rotatable bonds is 6. The lowest BCUT2D eigenvalue weighted by Gasteiger charge is -2.09. The van der Waals surface area contributed by atoms with Crippen LogP contribution in [0.4, 0.5) is 5.69 Å². The molecule has 0 atom stereocenters. The maximum atomic E-state index is 12.2. The molecule has 0 heterocycles. The SMILES string of the molecule is COC(=O)c1ccc(NC(=O)CNC(=O)Cc2cccc3ccccc23)cc1. The van der Waals surface area contributed by atoms with Gasteiger partial charge in [0.05, 0.1) is 25.6 Å². The molecule has 0 spiro atoms. The quantitative estimate of drug-likeness (QED) is 0.648. The Morgan fingerprint density at radius 1 is 0.857 bits per heavy atom. The largest absolute Gasteiger partial charge is 0.465 e. The van der Waals surface area contributed by atoms with E-state index >= 15 is 0 Å². The molecule has 0 aliphatic carbocycles. The maximum absolute atomic E-state index is 12.2. The van der Waals surface area contributed by atoms with Crippen LogP contribution in [0.1, 0.15) is 15.9 Å². The van der Waals surface area contributed by atoms with E-state index in [1.54, 1.807) is 24.3 Å². The van der Waals surface area contributed by atoms with Gasteiger partial charge in [0, 0.05) is 5.69 Å². The molecule has 3 aromatic rings. The van der Waals surface area contributed by atoms with Crippen molar-refractivity contribution in [2.75, 3.05) is 19.0 Å². The monoisotopic (exact) mass is 376 g/mol. The van der Waals surface area contributed by atoms with E-state index < -0.39 is 5.97 Å².